The second-order valence-corrected chi connectivity index (χ2v) is 12.4. The smallest absolute Gasteiger partial charge is 0.234 e. The van der Waals surface area contributed by atoms with Gasteiger partial charge in [0.25, 0.3) is 0 Å². The van der Waals surface area contributed by atoms with Crippen LogP contribution in [0.2, 0.25) is 0 Å². The van der Waals surface area contributed by atoms with Gasteiger partial charge < -0.3 is 14.4 Å². The second kappa shape index (κ2) is 9.23. The average molecular weight is 512 g/mol. The van der Waals surface area contributed by atoms with Crippen LogP contribution in [0.25, 0.3) is 17.1 Å². The number of aliphatic hydroxyl groups is 1. The number of nitrogens with one attached hydrogen (secondary N) is 1. The van der Waals surface area contributed by atoms with E-state index in [4.69, 9.17) is 9.52 Å². The highest BCUT2D eigenvalue weighted by Crippen LogP contribution is 2.54. The number of hydrogen-bond acceptors (Lipinski definition) is 7. The van der Waals surface area contributed by atoms with Crippen LogP contribution in [0.4, 0.5) is 11.4 Å². The van der Waals surface area contributed by atoms with Crippen LogP contribution >= 0.6 is 0 Å². The maximum absolute atomic E-state index is 12.3. The van der Waals surface area contributed by atoms with Crippen molar-refractivity contribution in [2.24, 2.45) is 5.41 Å². The molecule has 1 aliphatic heterocycles. The zero-order chi connectivity index (χ0) is 24.8. The molecule has 2 aromatic heterocycles. The van der Waals surface area contributed by atoms with Crippen molar-refractivity contribution in [3.63, 3.8) is 0 Å². The highest BCUT2D eigenvalue weighted by atomic mass is 32.2. The van der Waals surface area contributed by atoms with E-state index in [1.807, 2.05) is 24.4 Å². The Morgan fingerprint density at radius 2 is 1.83 bits per heavy atom. The molecular weight excluding hydrogens is 478 g/mol. The number of anilines is 2. The number of furan rings is 1. The molecule has 0 amide bonds. The summed E-state index contributed by atoms with van der Waals surface area (Å²) in [7, 11) is -3.62. The minimum Gasteiger partial charge on any atom is -0.459 e. The largest absolute Gasteiger partial charge is 0.459 e. The molecular formula is C26H33N5O4S. The summed E-state index contributed by atoms with van der Waals surface area (Å²) in [5.74, 6) is 1.90. The fraction of sp³-hybridized carbons (Fsp3) is 0.538. The number of benzene rings is 1. The van der Waals surface area contributed by atoms with E-state index in [-0.39, 0.29) is 5.75 Å². The van der Waals surface area contributed by atoms with E-state index in [2.05, 4.69) is 26.0 Å². The summed E-state index contributed by atoms with van der Waals surface area (Å²) < 4.78 is 35.0. The van der Waals surface area contributed by atoms with Crippen molar-refractivity contribution in [1.29, 1.82) is 0 Å². The fourth-order valence-corrected chi connectivity index (χ4v) is 6.53. The zero-order valence-electron chi connectivity index (χ0n) is 20.4. The van der Waals surface area contributed by atoms with Crippen molar-refractivity contribution in [2.75, 3.05) is 35.1 Å². The zero-order valence-corrected chi connectivity index (χ0v) is 21.2. The first-order valence-electron chi connectivity index (χ1n) is 13.0. The van der Waals surface area contributed by atoms with Gasteiger partial charge in [0.2, 0.25) is 10.0 Å². The van der Waals surface area contributed by atoms with E-state index in [1.54, 1.807) is 10.7 Å². The first-order chi connectivity index (χ1) is 17.4. The average Bonchev–Trinajstić information content (AvgIpc) is 3.35. The molecule has 9 nitrogen and oxygen atoms in total. The van der Waals surface area contributed by atoms with Gasteiger partial charge in [-0.25, -0.2) is 13.1 Å². The molecule has 1 saturated heterocycles. The van der Waals surface area contributed by atoms with E-state index in [1.165, 1.54) is 38.5 Å². The molecule has 0 radical (unpaired) electrons. The fourth-order valence-electron chi connectivity index (χ4n) is 5.70. The number of sulfonamides is 1. The maximum Gasteiger partial charge on any atom is 0.234 e. The van der Waals surface area contributed by atoms with Crippen molar-refractivity contribution >= 4 is 21.4 Å². The summed E-state index contributed by atoms with van der Waals surface area (Å²) in [6.07, 6.45) is 11.6. The van der Waals surface area contributed by atoms with Crippen LogP contribution in [0, 0.1) is 5.41 Å². The molecule has 3 fully saturated rings. The van der Waals surface area contributed by atoms with Gasteiger partial charge >= 0.3 is 0 Å². The van der Waals surface area contributed by atoms with Crippen molar-refractivity contribution in [3.8, 4) is 17.1 Å². The summed E-state index contributed by atoms with van der Waals surface area (Å²) in [5, 5.41) is 17.9. The Hall–Kier alpha value is -2.85. The summed E-state index contributed by atoms with van der Waals surface area (Å²) >= 11 is 0. The van der Waals surface area contributed by atoms with Crippen molar-refractivity contribution < 1.29 is 17.9 Å². The lowest BCUT2D eigenvalue weighted by molar-refractivity contribution is 0.320. The van der Waals surface area contributed by atoms with Crippen LogP contribution in [-0.2, 0) is 10.0 Å². The molecule has 1 aromatic carbocycles. The number of aliphatic hydroxyl groups excluding tert-OH is 1. The predicted octanol–water partition coefficient (Wildman–Crippen LogP) is 4.30. The van der Waals surface area contributed by atoms with Crippen LogP contribution in [0.15, 0.2) is 40.9 Å². The van der Waals surface area contributed by atoms with Gasteiger partial charge in [-0.2, -0.15) is 0 Å². The topological polar surface area (TPSA) is 113 Å². The molecule has 2 saturated carbocycles. The third-order valence-corrected chi connectivity index (χ3v) is 9.37. The number of rotatable bonds is 8. The summed E-state index contributed by atoms with van der Waals surface area (Å²) in [6, 6.07) is 9.50. The molecule has 3 aliphatic rings. The Labute approximate surface area is 211 Å². The lowest BCUT2D eigenvalue weighted by Gasteiger charge is -2.35. The second-order valence-electron chi connectivity index (χ2n) is 10.6. The van der Waals surface area contributed by atoms with Gasteiger partial charge in [0.05, 0.1) is 35.6 Å². The lowest BCUT2D eigenvalue weighted by atomic mass is 9.93. The van der Waals surface area contributed by atoms with Crippen LogP contribution in [0.1, 0.15) is 63.0 Å². The molecule has 6 rings (SSSR count). The van der Waals surface area contributed by atoms with E-state index in [9.17, 15) is 8.42 Å². The number of nitrogens with zero attached hydrogens (tertiary/aromatic N) is 4. The van der Waals surface area contributed by atoms with E-state index < -0.39 is 16.6 Å². The Morgan fingerprint density at radius 3 is 2.56 bits per heavy atom. The molecule has 3 heterocycles. The third-order valence-electron chi connectivity index (χ3n) is 8.11. The molecule has 0 unspecified atom stereocenters. The standard InChI is InChI=1S/C26H33N5O4S/c32-15-16-36(33,34)28-20-5-6-22(23(17-20)30-13-11-26(9-10-26)12-14-30)31-18-21(27-29-31)25-8-7-24(35-25)19-3-1-2-4-19/h5-8,17-19,28,32H,1-4,9-16H2. The number of hydrogen-bond donors (Lipinski definition) is 2. The maximum atomic E-state index is 12.3. The molecule has 10 heteroatoms. The molecule has 36 heavy (non-hydrogen) atoms. The Morgan fingerprint density at radius 1 is 1.06 bits per heavy atom. The number of piperidine rings is 1. The van der Waals surface area contributed by atoms with Gasteiger partial charge in [-0.3, -0.25) is 4.72 Å². The molecule has 0 bridgehead atoms. The molecule has 0 atom stereocenters. The molecule has 2 N–H and O–H groups in total. The van der Waals surface area contributed by atoms with Crippen LogP contribution in [0.5, 0.6) is 0 Å². The molecule has 1 spiro atoms. The Balaban J connectivity index is 1.30. The highest BCUT2D eigenvalue weighted by molar-refractivity contribution is 7.92. The highest BCUT2D eigenvalue weighted by Gasteiger charge is 2.44. The van der Waals surface area contributed by atoms with Gasteiger partial charge in [-0.1, -0.05) is 18.1 Å². The van der Waals surface area contributed by atoms with Crippen molar-refractivity contribution in [3.05, 3.63) is 42.3 Å². The Bertz CT molecular complexity index is 1330. The number of aromatic nitrogens is 3. The quantitative estimate of drug-likeness (QED) is 0.464. The van der Waals surface area contributed by atoms with Crippen LogP contribution in [-0.4, -0.2) is 54.0 Å². The van der Waals surface area contributed by atoms with Gasteiger partial charge in [0.15, 0.2) is 5.76 Å². The minimum atomic E-state index is -3.62. The molecule has 192 valence electrons. The van der Waals surface area contributed by atoms with Crippen LogP contribution in [0.3, 0.4) is 0 Å². The SMILES string of the molecule is O=S(=O)(CCO)Nc1ccc(-n2cc(-c3ccc(C4CCCC4)o3)nn2)c(N2CCC3(CC2)CC3)c1. The summed E-state index contributed by atoms with van der Waals surface area (Å²) in [4.78, 5) is 2.31. The normalized spacial score (nSPS) is 19.8. The van der Waals surface area contributed by atoms with Crippen LogP contribution < -0.4 is 9.62 Å². The summed E-state index contributed by atoms with van der Waals surface area (Å²) in [5.41, 5.74) is 3.42. The Kier molecular flexibility index (Phi) is 6.03. The van der Waals surface area contributed by atoms with Gasteiger partial charge in [0.1, 0.15) is 11.5 Å². The van der Waals surface area contributed by atoms with Crippen molar-refractivity contribution in [2.45, 2.75) is 57.3 Å². The third kappa shape index (κ3) is 4.76. The monoisotopic (exact) mass is 511 g/mol. The molecule has 3 aromatic rings. The van der Waals surface area contributed by atoms with E-state index in [0.717, 1.165) is 43.1 Å². The van der Waals surface area contributed by atoms with E-state index in [0.29, 0.717) is 28.5 Å². The van der Waals surface area contributed by atoms with E-state index >= 15 is 0 Å². The van der Waals surface area contributed by atoms with Gasteiger partial charge in [-0.05, 0) is 74.3 Å². The predicted molar refractivity (Wildman–Crippen MR) is 138 cm³/mol. The van der Waals surface area contributed by atoms with Gasteiger partial charge in [-0.15, -0.1) is 5.10 Å². The van der Waals surface area contributed by atoms with Gasteiger partial charge in [0, 0.05) is 19.0 Å². The van der Waals surface area contributed by atoms with Crippen molar-refractivity contribution in [1.82, 2.24) is 15.0 Å². The first-order valence-corrected chi connectivity index (χ1v) is 14.6. The molecule has 2 aliphatic carbocycles. The minimum absolute atomic E-state index is 0.339. The lowest BCUT2D eigenvalue weighted by Crippen LogP contribution is -2.35. The first kappa shape index (κ1) is 23.5. The summed E-state index contributed by atoms with van der Waals surface area (Å²) in [6.45, 7) is 1.42.